The molecule has 0 spiro atoms. The lowest BCUT2D eigenvalue weighted by Gasteiger charge is -2.22. The van der Waals surface area contributed by atoms with Gasteiger partial charge in [0.15, 0.2) is 0 Å². The van der Waals surface area contributed by atoms with Crippen LogP contribution in [0, 0.1) is 13.8 Å². The van der Waals surface area contributed by atoms with Crippen molar-refractivity contribution in [3.8, 4) is 0 Å². The van der Waals surface area contributed by atoms with Crippen LogP contribution in [-0.4, -0.2) is 31.7 Å². The first-order valence-corrected chi connectivity index (χ1v) is 11.7. The zero-order valence-electron chi connectivity index (χ0n) is 17.5. The molecule has 0 fully saturated rings. The molecule has 0 bridgehead atoms. The van der Waals surface area contributed by atoms with Gasteiger partial charge in [0.1, 0.15) is 0 Å². The molecule has 0 aliphatic carbocycles. The summed E-state index contributed by atoms with van der Waals surface area (Å²) in [6.07, 6.45) is 0.491. The fraction of sp³-hybridized carbons (Fsp3) is 0.208. The summed E-state index contributed by atoms with van der Waals surface area (Å²) in [6.45, 7) is 3.77. The molecule has 5 nitrogen and oxygen atoms in total. The maximum absolute atomic E-state index is 13.3. The highest BCUT2D eigenvalue weighted by atomic mass is 35.5. The normalized spacial score (nSPS) is 11.5. The standard InChI is InChI=1S/C24H25ClN2O3S/c1-18-8-13-23(19(2)16-18)26-24(28)17-27(15-14-20-6-4-3-5-7-20)31(29,30)22-11-9-21(25)10-12-22/h3-13,16H,14-15,17H2,1-2H3,(H,26,28). The van der Waals surface area contributed by atoms with Crippen LogP contribution in [0.5, 0.6) is 0 Å². The fourth-order valence-corrected chi connectivity index (χ4v) is 4.77. The minimum atomic E-state index is -3.88. The third-order valence-electron chi connectivity index (χ3n) is 4.92. The lowest BCUT2D eigenvalue weighted by Crippen LogP contribution is -2.39. The molecule has 7 heteroatoms. The van der Waals surface area contributed by atoms with E-state index in [2.05, 4.69) is 5.32 Å². The predicted octanol–water partition coefficient (Wildman–Crippen LogP) is 4.83. The van der Waals surface area contributed by atoms with Crippen LogP contribution in [0.2, 0.25) is 5.02 Å². The predicted molar refractivity (Wildman–Crippen MR) is 125 cm³/mol. The average Bonchev–Trinajstić information content (AvgIpc) is 2.74. The van der Waals surface area contributed by atoms with Crippen LogP contribution < -0.4 is 5.32 Å². The minimum absolute atomic E-state index is 0.101. The summed E-state index contributed by atoms with van der Waals surface area (Å²) in [5.41, 5.74) is 3.67. The zero-order chi connectivity index (χ0) is 22.4. The van der Waals surface area contributed by atoms with Gasteiger partial charge in [-0.25, -0.2) is 8.42 Å². The largest absolute Gasteiger partial charge is 0.325 e. The highest BCUT2D eigenvalue weighted by Gasteiger charge is 2.26. The van der Waals surface area contributed by atoms with Crippen LogP contribution >= 0.6 is 11.6 Å². The van der Waals surface area contributed by atoms with Gasteiger partial charge in [-0.1, -0.05) is 59.6 Å². The van der Waals surface area contributed by atoms with Crippen LogP contribution in [0.3, 0.4) is 0 Å². The third kappa shape index (κ3) is 6.17. The first-order valence-electron chi connectivity index (χ1n) is 9.92. The topological polar surface area (TPSA) is 66.5 Å². The van der Waals surface area contributed by atoms with E-state index in [1.165, 1.54) is 28.6 Å². The van der Waals surface area contributed by atoms with Gasteiger partial charge in [0, 0.05) is 17.3 Å². The minimum Gasteiger partial charge on any atom is -0.325 e. The quantitative estimate of drug-likeness (QED) is 0.528. The molecular weight excluding hydrogens is 432 g/mol. The van der Waals surface area contributed by atoms with E-state index in [0.29, 0.717) is 17.1 Å². The number of aryl methyl sites for hydroxylation is 2. The van der Waals surface area contributed by atoms with Crippen molar-refractivity contribution in [1.82, 2.24) is 4.31 Å². The maximum Gasteiger partial charge on any atom is 0.243 e. The summed E-state index contributed by atoms with van der Waals surface area (Å²) < 4.78 is 27.7. The second-order valence-electron chi connectivity index (χ2n) is 7.39. The van der Waals surface area contributed by atoms with Crippen molar-refractivity contribution in [2.45, 2.75) is 25.2 Å². The van der Waals surface area contributed by atoms with Gasteiger partial charge in [0.2, 0.25) is 15.9 Å². The summed E-state index contributed by atoms with van der Waals surface area (Å²) in [4.78, 5) is 12.9. The van der Waals surface area contributed by atoms with Crippen molar-refractivity contribution in [2.75, 3.05) is 18.4 Å². The monoisotopic (exact) mass is 456 g/mol. The van der Waals surface area contributed by atoms with E-state index in [-0.39, 0.29) is 18.0 Å². The van der Waals surface area contributed by atoms with Crippen molar-refractivity contribution < 1.29 is 13.2 Å². The van der Waals surface area contributed by atoms with E-state index in [0.717, 1.165) is 16.7 Å². The third-order valence-corrected chi connectivity index (χ3v) is 7.03. The number of carbonyl (C=O) groups excluding carboxylic acids is 1. The molecule has 0 aromatic heterocycles. The fourth-order valence-electron chi connectivity index (χ4n) is 3.24. The van der Waals surface area contributed by atoms with Gasteiger partial charge in [-0.05, 0) is 61.7 Å². The second-order valence-corrected chi connectivity index (χ2v) is 9.77. The highest BCUT2D eigenvalue weighted by Crippen LogP contribution is 2.20. The van der Waals surface area contributed by atoms with Gasteiger partial charge in [-0.3, -0.25) is 4.79 Å². The molecule has 0 unspecified atom stereocenters. The molecule has 31 heavy (non-hydrogen) atoms. The van der Waals surface area contributed by atoms with Crippen LogP contribution in [0.4, 0.5) is 5.69 Å². The molecule has 0 radical (unpaired) electrons. The summed E-state index contributed by atoms with van der Waals surface area (Å²) in [7, 11) is -3.88. The first kappa shape index (κ1) is 23.0. The summed E-state index contributed by atoms with van der Waals surface area (Å²) in [5.74, 6) is -0.391. The number of carbonyl (C=O) groups is 1. The Labute approximate surface area is 188 Å². The molecule has 0 saturated heterocycles. The molecule has 1 N–H and O–H groups in total. The number of sulfonamides is 1. The van der Waals surface area contributed by atoms with Crippen molar-refractivity contribution in [3.63, 3.8) is 0 Å². The molecule has 0 aliphatic heterocycles. The van der Waals surface area contributed by atoms with E-state index in [1.54, 1.807) is 0 Å². The molecule has 0 saturated carbocycles. The van der Waals surface area contributed by atoms with Crippen LogP contribution in [0.25, 0.3) is 0 Å². The van der Waals surface area contributed by atoms with Crippen molar-refractivity contribution in [3.05, 3.63) is 94.5 Å². The zero-order valence-corrected chi connectivity index (χ0v) is 19.1. The smallest absolute Gasteiger partial charge is 0.243 e. The Morgan fingerprint density at radius 3 is 2.29 bits per heavy atom. The number of hydrogen-bond acceptors (Lipinski definition) is 3. The molecule has 0 heterocycles. The number of amides is 1. The number of nitrogens with zero attached hydrogens (tertiary/aromatic N) is 1. The van der Waals surface area contributed by atoms with E-state index < -0.39 is 15.9 Å². The number of hydrogen-bond donors (Lipinski definition) is 1. The van der Waals surface area contributed by atoms with E-state index in [1.807, 2.05) is 62.4 Å². The maximum atomic E-state index is 13.3. The van der Waals surface area contributed by atoms with Gasteiger partial charge in [-0.2, -0.15) is 4.31 Å². The van der Waals surface area contributed by atoms with Gasteiger partial charge in [0.05, 0.1) is 11.4 Å². The summed E-state index contributed by atoms with van der Waals surface area (Å²) >= 11 is 5.91. The Kier molecular flexibility index (Phi) is 7.49. The van der Waals surface area contributed by atoms with Crippen molar-refractivity contribution >= 4 is 33.2 Å². The molecule has 3 aromatic carbocycles. The first-order chi connectivity index (χ1) is 14.8. The Morgan fingerprint density at radius 2 is 1.65 bits per heavy atom. The van der Waals surface area contributed by atoms with E-state index in [4.69, 9.17) is 11.6 Å². The lowest BCUT2D eigenvalue weighted by molar-refractivity contribution is -0.116. The molecule has 162 valence electrons. The van der Waals surface area contributed by atoms with Crippen LogP contribution in [-0.2, 0) is 21.2 Å². The number of halogens is 1. The summed E-state index contributed by atoms with van der Waals surface area (Å²) in [6, 6.07) is 21.2. The molecule has 0 aliphatic rings. The average molecular weight is 457 g/mol. The van der Waals surface area contributed by atoms with Gasteiger partial charge < -0.3 is 5.32 Å². The molecule has 1 amide bonds. The Balaban J connectivity index is 1.82. The van der Waals surface area contributed by atoms with E-state index in [9.17, 15) is 13.2 Å². The highest BCUT2D eigenvalue weighted by molar-refractivity contribution is 7.89. The number of anilines is 1. The number of nitrogens with one attached hydrogen (secondary N) is 1. The van der Waals surface area contributed by atoms with Crippen LogP contribution in [0.15, 0.2) is 77.7 Å². The van der Waals surface area contributed by atoms with E-state index >= 15 is 0 Å². The van der Waals surface area contributed by atoms with Gasteiger partial charge >= 0.3 is 0 Å². The Bertz CT molecular complexity index is 1150. The molecular formula is C24H25ClN2O3S. The van der Waals surface area contributed by atoms with Gasteiger partial charge in [-0.15, -0.1) is 0 Å². The summed E-state index contributed by atoms with van der Waals surface area (Å²) in [5, 5.41) is 3.28. The second kappa shape index (κ2) is 10.1. The van der Waals surface area contributed by atoms with Gasteiger partial charge in [0.25, 0.3) is 0 Å². The Hall–Kier alpha value is -2.67. The SMILES string of the molecule is Cc1ccc(NC(=O)CN(CCc2ccccc2)S(=O)(=O)c2ccc(Cl)cc2)c(C)c1. The van der Waals surface area contributed by atoms with Crippen molar-refractivity contribution in [1.29, 1.82) is 0 Å². The van der Waals surface area contributed by atoms with Crippen molar-refractivity contribution in [2.24, 2.45) is 0 Å². The molecule has 3 rings (SSSR count). The lowest BCUT2D eigenvalue weighted by atomic mass is 10.1. The molecule has 0 atom stereocenters. The number of benzene rings is 3. The van der Waals surface area contributed by atoms with Crippen LogP contribution in [0.1, 0.15) is 16.7 Å². The number of rotatable bonds is 8. The molecule has 3 aromatic rings. The Morgan fingerprint density at radius 1 is 0.968 bits per heavy atom.